The minimum absolute atomic E-state index is 0.188. The minimum Gasteiger partial charge on any atom is -0.388 e. The normalized spacial score (nSPS) is 10.6. The standard InChI is InChI=1S/C8H8N2O2S/c1-5-2-6(4-13-5)8-9-7(3-11)10-12-8/h2,4,11H,3H2,1H3. The quantitative estimate of drug-likeness (QED) is 0.792. The molecule has 0 unspecified atom stereocenters. The van der Waals surface area contributed by atoms with Crippen molar-refractivity contribution in [1.82, 2.24) is 10.1 Å². The maximum absolute atomic E-state index is 8.72. The molecule has 0 fully saturated rings. The largest absolute Gasteiger partial charge is 0.388 e. The monoisotopic (exact) mass is 196 g/mol. The van der Waals surface area contributed by atoms with Crippen molar-refractivity contribution in [3.05, 3.63) is 22.1 Å². The van der Waals surface area contributed by atoms with Crippen LogP contribution in [0.5, 0.6) is 0 Å². The third-order valence-electron chi connectivity index (χ3n) is 1.59. The van der Waals surface area contributed by atoms with Crippen molar-refractivity contribution in [2.75, 3.05) is 0 Å². The van der Waals surface area contributed by atoms with Crippen LogP contribution in [0.25, 0.3) is 11.5 Å². The van der Waals surface area contributed by atoms with Gasteiger partial charge in [-0.25, -0.2) is 0 Å². The van der Waals surface area contributed by atoms with E-state index in [0.29, 0.717) is 11.7 Å². The second kappa shape index (κ2) is 3.27. The van der Waals surface area contributed by atoms with E-state index >= 15 is 0 Å². The number of hydrogen-bond donors (Lipinski definition) is 1. The zero-order chi connectivity index (χ0) is 9.26. The molecule has 2 aromatic rings. The van der Waals surface area contributed by atoms with Crippen molar-refractivity contribution in [2.24, 2.45) is 0 Å². The van der Waals surface area contributed by atoms with E-state index in [4.69, 9.17) is 9.63 Å². The Morgan fingerprint density at radius 3 is 3.00 bits per heavy atom. The van der Waals surface area contributed by atoms with Crippen LogP contribution in [0.15, 0.2) is 16.0 Å². The summed E-state index contributed by atoms with van der Waals surface area (Å²) in [5, 5.41) is 14.3. The van der Waals surface area contributed by atoms with Crippen LogP contribution in [0.3, 0.4) is 0 Å². The minimum atomic E-state index is -0.188. The lowest BCUT2D eigenvalue weighted by Crippen LogP contribution is -1.84. The number of aliphatic hydroxyl groups excluding tert-OH is 1. The van der Waals surface area contributed by atoms with E-state index in [0.717, 1.165) is 5.56 Å². The third kappa shape index (κ3) is 1.61. The number of thiophene rings is 1. The Labute approximate surface area is 78.8 Å². The molecule has 0 amide bonds. The topological polar surface area (TPSA) is 59.2 Å². The maximum atomic E-state index is 8.72. The number of hydrogen-bond acceptors (Lipinski definition) is 5. The van der Waals surface area contributed by atoms with Gasteiger partial charge in [-0.05, 0) is 13.0 Å². The van der Waals surface area contributed by atoms with E-state index in [1.165, 1.54) is 4.88 Å². The smallest absolute Gasteiger partial charge is 0.258 e. The van der Waals surface area contributed by atoms with Crippen molar-refractivity contribution in [3.63, 3.8) is 0 Å². The molecule has 0 aromatic carbocycles. The first kappa shape index (κ1) is 8.40. The van der Waals surface area contributed by atoms with Gasteiger partial charge in [-0.3, -0.25) is 0 Å². The molecule has 0 bridgehead atoms. The Morgan fingerprint density at radius 1 is 1.62 bits per heavy atom. The summed E-state index contributed by atoms with van der Waals surface area (Å²) in [6.07, 6.45) is 0. The highest BCUT2D eigenvalue weighted by Crippen LogP contribution is 2.23. The van der Waals surface area contributed by atoms with Crippen LogP contribution in [0.1, 0.15) is 10.7 Å². The summed E-state index contributed by atoms with van der Waals surface area (Å²) in [4.78, 5) is 5.18. The van der Waals surface area contributed by atoms with Gasteiger partial charge >= 0.3 is 0 Å². The van der Waals surface area contributed by atoms with Gasteiger partial charge in [-0.2, -0.15) is 4.98 Å². The lowest BCUT2D eigenvalue weighted by molar-refractivity contribution is 0.264. The van der Waals surface area contributed by atoms with E-state index in [1.54, 1.807) is 11.3 Å². The fourth-order valence-corrected chi connectivity index (χ4v) is 1.67. The first-order chi connectivity index (χ1) is 6.29. The van der Waals surface area contributed by atoms with Gasteiger partial charge in [0.25, 0.3) is 5.89 Å². The SMILES string of the molecule is Cc1cc(-c2nc(CO)no2)cs1. The van der Waals surface area contributed by atoms with Crippen LogP contribution in [-0.2, 0) is 6.61 Å². The van der Waals surface area contributed by atoms with Crippen LogP contribution >= 0.6 is 11.3 Å². The highest BCUT2D eigenvalue weighted by Gasteiger charge is 2.08. The molecule has 2 rings (SSSR count). The molecule has 0 spiro atoms. The number of aromatic nitrogens is 2. The predicted molar refractivity (Wildman–Crippen MR) is 48.3 cm³/mol. The molecule has 0 aliphatic carbocycles. The molecule has 4 nitrogen and oxygen atoms in total. The van der Waals surface area contributed by atoms with Gasteiger partial charge < -0.3 is 9.63 Å². The molecule has 68 valence electrons. The van der Waals surface area contributed by atoms with Crippen molar-refractivity contribution in [3.8, 4) is 11.5 Å². The molecule has 0 atom stereocenters. The Balaban J connectivity index is 2.35. The number of aliphatic hydroxyl groups is 1. The Bertz CT molecular complexity index is 408. The van der Waals surface area contributed by atoms with Crippen LogP contribution < -0.4 is 0 Å². The Kier molecular flexibility index (Phi) is 2.12. The van der Waals surface area contributed by atoms with Crippen molar-refractivity contribution >= 4 is 11.3 Å². The van der Waals surface area contributed by atoms with E-state index < -0.39 is 0 Å². The maximum Gasteiger partial charge on any atom is 0.258 e. The fraction of sp³-hybridized carbons (Fsp3) is 0.250. The van der Waals surface area contributed by atoms with Gasteiger partial charge in [0.1, 0.15) is 6.61 Å². The summed E-state index contributed by atoms with van der Waals surface area (Å²) in [6.45, 7) is 1.82. The van der Waals surface area contributed by atoms with Gasteiger partial charge in [0.05, 0.1) is 5.56 Å². The Morgan fingerprint density at radius 2 is 2.46 bits per heavy atom. The Hall–Kier alpha value is -1.20. The molecule has 2 heterocycles. The second-order valence-electron chi connectivity index (χ2n) is 2.62. The lowest BCUT2D eigenvalue weighted by Gasteiger charge is -1.82. The number of aryl methyl sites for hydroxylation is 1. The van der Waals surface area contributed by atoms with Crippen LogP contribution in [0, 0.1) is 6.92 Å². The van der Waals surface area contributed by atoms with Crippen LogP contribution in [0.4, 0.5) is 0 Å². The zero-order valence-electron chi connectivity index (χ0n) is 7.02. The van der Waals surface area contributed by atoms with E-state index in [-0.39, 0.29) is 6.61 Å². The van der Waals surface area contributed by atoms with Crippen LogP contribution in [-0.4, -0.2) is 15.2 Å². The van der Waals surface area contributed by atoms with Gasteiger partial charge in [0.15, 0.2) is 5.82 Å². The number of rotatable bonds is 2. The first-order valence-corrected chi connectivity index (χ1v) is 4.66. The molecular weight excluding hydrogens is 188 g/mol. The third-order valence-corrected chi connectivity index (χ3v) is 2.45. The summed E-state index contributed by atoms with van der Waals surface area (Å²) in [5.74, 6) is 0.784. The highest BCUT2D eigenvalue weighted by atomic mass is 32.1. The van der Waals surface area contributed by atoms with Gasteiger partial charge in [0.2, 0.25) is 0 Å². The average Bonchev–Trinajstić information content (AvgIpc) is 2.71. The van der Waals surface area contributed by atoms with E-state index in [2.05, 4.69) is 10.1 Å². The van der Waals surface area contributed by atoms with Gasteiger partial charge in [0, 0.05) is 10.3 Å². The highest BCUT2D eigenvalue weighted by molar-refractivity contribution is 7.10. The first-order valence-electron chi connectivity index (χ1n) is 3.78. The molecule has 13 heavy (non-hydrogen) atoms. The molecule has 5 heteroatoms. The summed E-state index contributed by atoms with van der Waals surface area (Å²) >= 11 is 1.63. The lowest BCUT2D eigenvalue weighted by atomic mass is 10.3. The second-order valence-corrected chi connectivity index (χ2v) is 3.74. The van der Waals surface area contributed by atoms with E-state index in [1.807, 2.05) is 18.4 Å². The fourth-order valence-electron chi connectivity index (χ4n) is 0.991. The zero-order valence-corrected chi connectivity index (χ0v) is 7.84. The summed E-state index contributed by atoms with van der Waals surface area (Å²) < 4.78 is 4.94. The van der Waals surface area contributed by atoms with Crippen molar-refractivity contribution in [2.45, 2.75) is 13.5 Å². The molecule has 0 saturated carbocycles. The summed E-state index contributed by atoms with van der Waals surface area (Å²) in [7, 11) is 0. The molecule has 2 aromatic heterocycles. The predicted octanol–water partition coefficient (Wildman–Crippen LogP) is 1.60. The van der Waals surface area contributed by atoms with Crippen molar-refractivity contribution < 1.29 is 9.63 Å². The molecule has 1 N–H and O–H groups in total. The molecular formula is C8H8N2O2S. The van der Waals surface area contributed by atoms with Crippen LogP contribution in [0.2, 0.25) is 0 Å². The average molecular weight is 196 g/mol. The summed E-state index contributed by atoms with van der Waals surface area (Å²) in [6, 6.07) is 1.97. The molecule has 0 aliphatic rings. The summed E-state index contributed by atoms with van der Waals surface area (Å²) in [5.41, 5.74) is 0.912. The van der Waals surface area contributed by atoms with Gasteiger partial charge in [-0.15, -0.1) is 11.3 Å². The number of nitrogens with zero attached hydrogens (tertiary/aromatic N) is 2. The van der Waals surface area contributed by atoms with Crippen molar-refractivity contribution in [1.29, 1.82) is 0 Å². The van der Waals surface area contributed by atoms with E-state index in [9.17, 15) is 0 Å². The van der Waals surface area contributed by atoms with Gasteiger partial charge in [-0.1, -0.05) is 5.16 Å². The molecule has 0 saturated heterocycles. The molecule has 0 radical (unpaired) electrons. The molecule has 0 aliphatic heterocycles.